The van der Waals surface area contributed by atoms with Crippen molar-refractivity contribution in [2.75, 3.05) is 6.61 Å². The summed E-state index contributed by atoms with van der Waals surface area (Å²) in [5.74, 6) is 0.263. The van der Waals surface area contributed by atoms with Crippen LogP contribution in [-0.2, 0) is 22.4 Å². The quantitative estimate of drug-likeness (QED) is 0.574. The van der Waals surface area contributed by atoms with E-state index in [0.29, 0.717) is 29.0 Å². The van der Waals surface area contributed by atoms with E-state index in [4.69, 9.17) is 27.9 Å². The molecule has 2 rings (SSSR count). The highest BCUT2D eigenvalue weighted by Crippen LogP contribution is 2.27. The molecule has 1 N–H and O–H groups in total. The van der Waals surface area contributed by atoms with Gasteiger partial charge in [0.1, 0.15) is 5.75 Å². The predicted octanol–water partition coefficient (Wildman–Crippen LogP) is 5.81. The summed E-state index contributed by atoms with van der Waals surface area (Å²) < 4.78 is 5.43. The molecule has 3 nitrogen and oxygen atoms in total. The average molecular weight is 395 g/mol. The molecule has 2 aromatic carbocycles. The van der Waals surface area contributed by atoms with Crippen molar-refractivity contribution in [2.45, 2.75) is 39.5 Å². The van der Waals surface area contributed by atoms with E-state index in [0.717, 1.165) is 29.5 Å². The zero-order valence-electron chi connectivity index (χ0n) is 15.1. The maximum Gasteiger partial charge on any atom is 0.310 e. The highest BCUT2D eigenvalue weighted by atomic mass is 35.5. The Balaban J connectivity index is 2.13. The van der Waals surface area contributed by atoms with E-state index in [-0.39, 0.29) is 18.1 Å². The van der Waals surface area contributed by atoms with Crippen LogP contribution < -0.4 is 0 Å². The van der Waals surface area contributed by atoms with Crippen LogP contribution in [0.2, 0.25) is 10.0 Å². The lowest BCUT2D eigenvalue weighted by molar-refractivity contribution is -0.144. The van der Waals surface area contributed by atoms with E-state index in [1.807, 2.05) is 6.07 Å². The lowest BCUT2D eigenvalue weighted by Crippen LogP contribution is -2.15. The first-order valence-electron chi connectivity index (χ1n) is 8.83. The second-order valence-electron chi connectivity index (χ2n) is 6.41. The number of rotatable bonds is 8. The molecule has 2 aromatic rings. The van der Waals surface area contributed by atoms with Crippen LogP contribution in [-0.4, -0.2) is 17.7 Å². The van der Waals surface area contributed by atoms with Crippen molar-refractivity contribution in [3.05, 3.63) is 63.1 Å². The first-order chi connectivity index (χ1) is 12.4. The Bertz CT molecular complexity index is 755. The van der Waals surface area contributed by atoms with Gasteiger partial charge in [-0.15, -0.1) is 0 Å². The third-order valence-electron chi connectivity index (χ3n) is 4.57. The molecule has 0 aliphatic heterocycles. The molecule has 0 aliphatic rings. The van der Waals surface area contributed by atoms with Crippen molar-refractivity contribution in [1.82, 2.24) is 0 Å². The third kappa shape index (κ3) is 5.93. The normalized spacial score (nSPS) is 11.0. The van der Waals surface area contributed by atoms with Gasteiger partial charge in [0, 0.05) is 16.5 Å². The van der Waals surface area contributed by atoms with Gasteiger partial charge in [-0.05, 0) is 46.9 Å². The number of carbonyl (C=O) groups is 1. The van der Waals surface area contributed by atoms with Gasteiger partial charge in [0.2, 0.25) is 0 Å². The molecule has 5 heteroatoms. The maximum absolute atomic E-state index is 12.2. The van der Waals surface area contributed by atoms with Gasteiger partial charge in [-0.25, -0.2) is 0 Å². The van der Waals surface area contributed by atoms with E-state index < -0.39 is 0 Å². The van der Waals surface area contributed by atoms with Gasteiger partial charge < -0.3 is 9.84 Å². The van der Waals surface area contributed by atoms with Crippen molar-refractivity contribution >= 4 is 29.2 Å². The Kier molecular flexibility index (Phi) is 7.80. The topological polar surface area (TPSA) is 46.5 Å². The summed E-state index contributed by atoms with van der Waals surface area (Å²) in [6.45, 7) is 4.63. The monoisotopic (exact) mass is 394 g/mol. The Hall–Kier alpha value is -1.71. The molecular formula is C21H24Cl2O3. The molecule has 26 heavy (non-hydrogen) atoms. The zero-order valence-corrected chi connectivity index (χ0v) is 16.6. The van der Waals surface area contributed by atoms with Gasteiger partial charge in [0.15, 0.2) is 0 Å². The van der Waals surface area contributed by atoms with Crippen LogP contribution in [0.4, 0.5) is 0 Å². The van der Waals surface area contributed by atoms with E-state index >= 15 is 0 Å². The first-order valence-corrected chi connectivity index (χ1v) is 9.58. The highest BCUT2D eigenvalue weighted by molar-refractivity contribution is 6.31. The molecule has 0 bridgehead atoms. The summed E-state index contributed by atoms with van der Waals surface area (Å²) in [5, 5.41) is 11.1. The Morgan fingerprint density at radius 3 is 2.23 bits per heavy atom. The van der Waals surface area contributed by atoms with Crippen LogP contribution >= 0.6 is 23.2 Å². The fraction of sp³-hybridized carbons (Fsp3) is 0.381. The Morgan fingerprint density at radius 1 is 1.00 bits per heavy atom. The standard InChI is InChI=1S/C21H24Cl2O3/c1-3-14(4-2)13-26-21(25)11-17-10-18(22)7-5-15(17)9-16-6-8-19(23)12-20(16)24/h5-8,10,12,14,24H,3-4,9,11,13H2,1-2H3. The number of hydrogen-bond acceptors (Lipinski definition) is 3. The van der Waals surface area contributed by atoms with Crippen LogP contribution in [0.3, 0.4) is 0 Å². The minimum Gasteiger partial charge on any atom is -0.508 e. The van der Waals surface area contributed by atoms with Gasteiger partial charge in [0.05, 0.1) is 13.0 Å². The number of aromatic hydroxyl groups is 1. The zero-order chi connectivity index (χ0) is 19.1. The molecule has 0 amide bonds. The van der Waals surface area contributed by atoms with Crippen LogP contribution in [0.25, 0.3) is 0 Å². The Labute approximate surface area is 164 Å². The average Bonchev–Trinajstić information content (AvgIpc) is 2.60. The number of hydrogen-bond donors (Lipinski definition) is 1. The molecule has 0 saturated heterocycles. The number of carbonyl (C=O) groups excluding carboxylic acids is 1. The predicted molar refractivity (Wildman–Crippen MR) is 106 cm³/mol. The number of halogens is 2. The van der Waals surface area contributed by atoms with E-state index in [2.05, 4.69) is 13.8 Å². The summed E-state index contributed by atoms with van der Waals surface area (Å²) in [7, 11) is 0. The maximum atomic E-state index is 12.2. The molecule has 0 atom stereocenters. The van der Waals surface area contributed by atoms with Crippen molar-refractivity contribution in [1.29, 1.82) is 0 Å². The number of phenolic OH excluding ortho intramolecular Hbond substituents is 1. The summed E-state index contributed by atoms with van der Waals surface area (Å²) in [5.41, 5.74) is 2.47. The van der Waals surface area contributed by atoms with Crippen LogP contribution in [0.5, 0.6) is 5.75 Å². The van der Waals surface area contributed by atoms with E-state index in [1.165, 1.54) is 6.07 Å². The van der Waals surface area contributed by atoms with Gasteiger partial charge in [-0.2, -0.15) is 0 Å². The fourth-order valence-electron chi connectivity index (χ4n) is 2.76. The lowest BCUT2D eigenvalue weighted by atomic mass is 9.97. The SMILES string of the molecule is CCC(CC)COC(=O)Cc1cc(Cl)ccc1Cc1ccc(Cl)cc1O. The van der Waals surface area contributed by atoms with Crippen LogP contribution in [0.15, 0.2) is 36.4 Å². The summed E-state index contributed by atoms with van der Waals surface area (Å²) >= 11 is 12.0. The lowest BCUT2D eigenvalue weighted by Gasteiger charge is -2.14. The largest absolute Gasteiger partial charge is 0.508 e. The summed E-state index contributed by atoms with van der Waals surface area (Å²) in [6.07, 6.45) is 2.61. The highest BCUT2D eigenvalue weighted by Gasteiger charge is 2.14. The van der Waals surface area contributed by atoms with Crippen molar-refractivity contribution in [2.24, 2.45) is 5.92 Å². The van der Waals surface area contributed by atoms with Gasteiger partial charge >= 0.3 is 5.97 Å². The molecule has 0 aromatic heterocycles. The van der Waals surface area contributed by atoms with Crippen molar-refractivity contribution in [3.63, 3.8) is 0 Å². The van der Waals surface area contributed by atoms with Gasteiger partial charge in [-0.3, -0.25) is 4.79 Å². The first kappa shape index (κ1) is 20.6. The molecule has 0 fully saturated rings. The molecular weight excluding hydrogens is 371 g/mol. The minimum absolute atomic E-state index is 0.134. The van der Waals surface area contributed by atoms with E-state index in [1.54, 1.807) is 24.3 Å². The second-order valence-corrected chi connectivity index (χ2v) is 7.28. The number of ether oxygens (including phenoxy) is 1. The molecule has 0 heterocycles. The minimum atomic E-state index is -0.263. The van der Waals surface area contributed by atoms with E-state index in [9.17, 15) is 9.90 Å². The van der Waals surface area contributed by atoms with Crippen molar-refractivity contribution < 1.29 is 14.6 Å². The fourth-order valence-corrected chi connectivity index (χ4v) is 3.13. The molecule has 0 saturated carbocycles. The molecule has 0 aliphatic carbocycles. The molecule has 0 radical (unpaired) electrons. The van der Waals surface area contributed by atoms with Crippen molar-refractivity contribution in [3.8, 4) is 5.75 Å². The van der Waals surface area contributed by atoms with Gasteiger partial charge in [-0.1, -0.05) is 62.0 Å². The molecule has 0 unspecified atom stereocenters. The smallest absolute Gasteiger partial charge is 0.310 e. The number of phenols is 1. The van der Waals surface area contributed by atoms with Crippen LogP contribution in [0.1, 0.15) is 43.4 Å². The third-order valence-corrected chi connectivity index (χ3v) is 5.04. The molecule has 140 valence electrons. The number of benzene rings is 2. The second kappa shape index (κ2) is 9.84. The van der Waals surface area contributed by atoms with Crippen LogP contribution in [0, 0.1) is 5.92 Å². The van der Waals surface area contributed by atoms with Gasteiger partial charge in [0.25, 0.3) is 0 Å². The summed E-state index contributed by atoms with van der Waals surface area (Å²) in [4.78, 5) is 12.2. The summed E-state index contributed by atoms with van der Waals surface area (Å²) in [6, 6.07) is 10.5. The number of esters is 1. The Morgan fingerprint density at radius 2 is 1.62 bits per heavy atom. The molecule has 0 spiro atoms.